The fourth-order valence-corrected chi connectivity index (χ4v) is 4.47. The average molecular weight is 429 g/mol. The first-order valence-electron chi connectivity index (χ1n) is 8.85. The van der Waals surface area contributed by atoms with Gasteiger partial charge in [0.05, 0.1) is 16.1 Å². The normalized spacial score (nSPS) is 12.1. The van der Waals surface area contributed by atoms with Gasteiger partial charge in [0.2, 0.25) is 10.0 Å². The molecule has 1 amide bonds. The number of hydrogen-bond acceptors (Lipinski definition) is 4. The molecule has 0 saturated carbocycles. The summed E-state index contributed by atoms with van der Waals surface area (Å²) in [7, 11) is -3.80. The van der Waals surface area contributed by atoms with Crippen molar-refractivity contribution >= 4 is 21.6 Å². The summed E-state index contributed by atoms with van der Waals surface area (Å²) in [6.45, 7) is 5.55. The van der Waals surface area contributed by atoms with Crippen molar-refractivity contribution in [1.29, 1.82) is 0 Å². The predicted molar refractivity (Wildman–Crippen MR) is 104 cm³/mol. The number of alkyl halides is 3. The first-order valence-corrected chi connectivity index (χ1v) is 10.3. The minimum absolute atomic E-state index is 0.00155. The van der Waals surface area contributed by atoms with E-state index >= 15 is 0 Å². The van der Waals surface area contributed by atoms with E-state index in [1.807, 2.05) is 0 Å². The summed E-state index contributed by atoms with van der Waals surface area (Å²) in [5.74, 6) is -0.766. The third-order valence-electron chi connectivity index (χ3n) is 4.32. The molecule has 6 nitrogen and oxygen atoms in total. The van der Waals surface area contributed by atoms with Crippen LogP contribution in [0, 0.1) is 6.92 Å². The minimum atomic E-state index is -4.59. The lowest BCUT2D eigenvalue weighted by atomic mass is 10.1. The first-order chi connectivity index (χ1) is 13.5. The third-order valence-corrected chi connectivity index (χ3v) is 6.51. The molecule has 29 heavy (non-hydrogen) atoms. The van der Waals surface area contributed by atoms with Gasteiger partial charge in [0.25, 0.3) is 5.91 Å². The molecule has 2 N–H and O–H groups in total. The molecule has 0 atom stereocenters. The number of aryl methyl sites for hydroxylation is 1. The van der Waals surface area contributed by atoms with Crippen molar-refractivity contribution in [2.45, 2.75) is 31.8 Å². The van der Waals surface area contributed by atoms with Gasteiger partial charge in [0.1, 0.15) is 0 Å². The highest BCUT2D eigenvalue weighted by Crippen LogP contribution is 2.34. The summed E-state index contributed by atoms with van der Waals surface area (Å²) in [4.78, 5) is 12.4. The van der Waals surface area contributed by atoms with E-state index in [0.717, 1.165) is 6.07 Å². The molecule has 0 aliphatic carbocycles. The van der Waals surface area contributed by atoms with Crippen LogP contribution in [0.1, 0.15) is 35.3 Å². The largest absolute Gasteiger partial charge is 0.418 e. The Balaban J connectivity index is 2.28. The van der Waals surface area contributed by atoms with Crippen molar-refractivity contribution in [3.8, 4) is 0 Å². The highest BCUT2D eigenvalue weighted by atomic mass is 32.2. The van der Waals surface area contributed by atoms with Gasteiger partial charge in [0, 0.05) is 18.7 Å². The molecule has 2 rings (SSSR count). The number of carbonyl (C=O) groups excluding carboxylic acids is 1. The highest BCUT2D eigenvalue weighted by Gasteiger charge is 2.33. The van der Waals surface area contributed by atoms with E-state index < -0.39 is 27.7 Å². The maximum atomic E-state index is 13.0. The SMILES string of the molecule is CCN(CC)S(=O)(=O)c1cc(C(=O)NNc2ccccc2C(F)(F)F)ccc1C. The zero-order valence-electron chi connectivity index (χ0n) is 16.2. The van der Waals surface area contributed by atoms with Gasteiger partial charge >= 0.3 is 6.18 Å². The molecule has 0 aliphatic rings. The van der Waals surface area contributed by atoms with Gasteiger partial charge in [-0.3, -0.25) is 15.6 Å². The van der Waals surface area contributed by atoms with Gasteiger partial charge in [-0.25, -0.2) is 8.42 Å². The van der Waals surface area contributed by atoms with Crippen LogP contribution >= 0.6 is 0 Å². The molecule has 2 aromatic carbocycles. The second kappa shape index (κ2) is 8.83. The van der Waals surface area contributed by atoms with Crippen molar-refractivity contribution in [1.82, 2.24) is 9.73 Å². The Kier molecular flexibility index (Phi) is 6.91. The lowest BCUT2D eigenvalue weighted by Gasteiger charge is -2.20. The van der Waals surface area contributed by atoms with Crippen molar-refractivity contribution in [2.75, 3.05) is 18.5 Å². The van der Waals surface area contributed by atoms with Crippen molar-refractivity contribution in [3.05, 3.63) is 59.2 Å². The van der Waals surface area contributed by atoms with Crippen LogP contribution in [0.4, 0.5) is 18.9 Å². The number of rotatable bonds is 7. The predicted octanol–water partition coefficient (Wildman–Crippen LogP) is 3.80. The molecule has 0 fully saturated rings. The average Bonchev–Trinajstić information content (AvgIpc) is 2.66. The summed E-state index contributed by atoms with van der Waals surface area (Å²) in [5, 5.41) is 0. The number of sulfonamides is 1. The van der Waals surface area contributed by atoms with Gasteiger partial charge in [-0.05, 0) is 36.8 Å². The molecule has 0 saturated heterocycles. The van der Waals surface area contributed by atoms with Crippen molar-refractivity contribution in [2.24, 2.45) is 0 Å². The Bertz CT molecular complexity index is 988. The van der Waals surface area contributed by atoms with Gasteiger partial charge < -0.3 is 0 Å². The second-order valence-electron chi connectivity index (χ2n) is 6.19. The van der Waals surface area contributed by atoms with Crippen LogP contribution in [-0.2, 0) is 16.2 Å². The molecular formula is C19H22F3N3O3S. The van der Waals surface area contributed by atoms with Gasteiger partial charge in [-0.2, -0.15) is 17.5 Å². The van der Waals surface area contributed by atoms with Crippen molar-refractivity contribution < 1.29 is 26.4 Å². The smallest absolute Gasteiger partial charge is 0.298 e. The maximum Gasteiger partial charge on any atom is 0.418 e. The Hall–Kier alpha value is -2.59. The second-order valence-corrected chi connectivity index (χ2v) is 8.10. The number of hydrogen-bond donors (Lipinski definition) is 2. The summed E-state index contributed by atoms with van der Waals surface area (Å²) < 4.78 is 65.9. The standard InChI is InChI=1S/C19H22F3N3O3S/c1-4-25(5-2)29(27,28)17-12-14(11-10-13(17)3)18(26)24-23-16-9-7-6-8-15(16)19(20,21)22/h6-12,23H,4-5H2,1-3H3,(H,24,26). The van der Waals surface area contributed by atoms with E-state index in [1.165, 1.54) is 40.7 Å². The van der Waals surface area contributed by atoms with Crippen LogP contribution in [0.2, 0.25) is 0 Å². The Morgan fingerprint density at radius 1 is 1.07 bits per heavy atom. The number of para-hydroxylation sites is 1. The van der Waals surface area contributed by atoms with Crippen molar-refractivity contribution in [3.63, 3.8) is 0 Å². The Labute approximate surface area is 167 Å². The number of carbonyl (C=O) groups is 1. The van der Waals surface area contributed by atoms with Crippen LogP contribution < -0.4 is 10.9 Å². The first kappa shape index (κ1) is 22.7. The fourth-order valence-electron chi connectivity index (χ4n) is 2.76. The number of benzene rings is 2. The number of nitrogens with one attached hydrogen (secondary N) is 2. The van der Waals surface area contributed by atoms with Crippen LogP contribution in [-0.4, -0.2) is 31.7 Å². The van der Waals surface area contributed by atoms with Gasteiger partial charge in [-0.1, -0.05) is 32.0 Å². The monoisotopic (exact) mass is 429 g/mol. The number of nitrogens with zero attached hydrogens (tertiary/aromatic N) is 1. The highest BCUT2D eigenvalue weighted by molar-refractivity contribution is 7.89. The molecule has 0 aliphatic heterocycles. The number of anilines is 1. The molecule has 158 valence electrons. The molecule has 0 bridgehead atoms. The zero-order chi connectivity index (χ0) is 21.8. The summed E-state index contributed by atoms with van der Waals surface area (Å²) >= 11 is 0. The molecule has 0 aromatic heterocycles. The maximum absolute atomic E-state index is 13.0. The summed E-state index contributed by atoms with van der Waals surface area (Å²) in [6, 6.07) is 8.79. The number of amides is 1. The topological polar surface area (TPSA) is 78.5 Å². The lowest BCUT2D eigenvalue weighted by molar-refractivity contribution is -0.137. The third kappa shape index (κ3) is 5.07. The zero-order valence-corrected chi connectivity index (χ0v) is 17.0. The van der Waals surface area contributed by atoms with Gasteiger partial charge in [0.15, 0.2) is 0 Å². The molecule has 10 heteroatoms. The minimum Gasteiger partial charge on any atom is -0.298 e. The molecule has 2 aromatic rings. The van der Waals surface area contributed by atoms with E-state index in [2.05, 4.69) is 10.9 Å². The van der Waals surface area contributed by atoms with Crippen LogP contribution in [0.15, 0.2) is 47.4 Å². The molecule has 0 unspecified atom stereocenters. The van der Waals surface area contributed by atoms with E-state index in [0.29, 0.717) is 5.56 Å². The van der Waals surface area contributed by atoms with Crippen LogP contribution in [0.3, 0.4) is 0 Å². The Morgan fingerprint density at radius 2 is 1.69 bits per heavy atom. The van der Waals surface area contributed by atoms with Gasteiger partial charge in [-0.15, -0.1) is 0 Å². The molecule has 0 spiro atoms. The van der Waals surface area contributed by atoms with E-state index in [1.54, 1.807) is 20.8 Å². The Morgan fingerprint density at radius 3 is 2.28 bits per heavy atom. The summed E-state index contributed by atoms with van der Waals surface area (Å²) in [5.41, 5.74) is 3.64. The lowest BCUT2D eigenvalue weighted by Crippen LogP contribution is -2.32. The summed E-state index contributed by atoms with van der Waals surface area (Å²) in [6.07, 6.45) is -4.59. The molecule has 0 radical (unpaired) electrons. The van der Waals surface area contributed by atoms with E-state index in [-0.39, 0.29) is 29.2 Å². The molecule has 0 heterocycles. The number of halogens is 3. The van der Waals surface area contributed by atoms with E-state index in [9.17, 15) is 26.4 Å². The number of hydrazine groups is 1. The quantitative estimate of drug-likeness (QED) is 0.657. The van der Waals surface area contributed by atoms with E-state index in [4.69, 9.17) is 0 Å². The van der Waals surface area contributed by atoms with Crippen LogP contribution in [0.5, 0.6) is 0 Å². The fraction of sp³-hybridized carbons (Fsp3) is 0.316. The van der Waals surface area contributed by atoms with Crippen LogP contribution in [0.25, 0.3) is 0 Å². The molecular weight excluding hydrogens is 407 g/mol.